The Hall–Kier alpha value is -1.71. The van der Waals surface area contributed by atoms with Crippen molar-refractivity contribution in [2.45, 2.75) is 83.0 Å². The monoisotopic (exact) mass is 449 g/mol. The van der Waals surface area contributed by atoms with Crippen LogP contribution in [0.25, 0.3) is 0 Å². The largest absolute Gasteiger partial charge is 0.373 e. The molecule has 9 nitrogen and oxygen atoms in total. The number of morpholine rings is 1. The number of carbonyl (C=O) groups is 3. The van der Waals surface area contributed by atoms with Crippen LogP contribution < -0.4 is 10.7 Å². The molecule has 0 bridgehead atoms. The topological polar surface area (TPSA) is 94.2 Å². The van der Waals surface area contributed by atoms with Gasteiger partial charge >= 0.3 is 6.03 Å². The summed E-state index contributed by atoms with van der Waals surface area (Å²) in [4.78, 5) is 42.4. The molecular weight excluding hydrogens is 410 g/mol. The second-order valence-electron chi connectivity index (χ2n) is 10.3. The standard InChI is InChI=1S/C23H39N5O4/c1-17-14-27(15-18(2)32-17)16-19-6-11-26(12-7-19)13-8-20(29)25-28-21(30)23(24-22(28)31)9-4-3-5-10-23/h17-19H,3-16H2,1-2H3,(H,24,31)(H,25,29). The zero-order chi connectivity index (χ0) is 22.7. The van der Waals surface area contributed by atoms with Gasteiger partial charge in [0.1, 0.15) is 5.54 Å². The first kappa shape index (κ1) is 23.4. The van der Waals surface area contributed by atoms with Crippen molar-refractivity contribution in [1.29, 1.82) is 0 Å². The van der Waals surface area contributed by atoms with Crippen molar-refractivity contribution < 1.29 is 19.1 Å². The molecule has 0 aromatic heterocycles. The summed E-state index contributed by atoms with van der Waals surface area (Å²) in [5.74, 6) is 0.109. The van der Waals surface area contributed by atoms with E-state index in [2.05, 4.69) is 34.4 Å². The minimum absolute atomic E-state index is 0.278. The zero-order valence-corrected chi connectivity index (χ0v) is 19.6. The summed E-state index contributed by atoms with van der Waals surface area (Å²) in [6, 6.07) is -0.502. The molecule has 2 N–H and O–H groups in total. The van der Waals surface area contributed by atoms with Gasteiger partial charge in [0, 0.05) is 32.6 Å². The molecule has 4 fully saturated rings. The number of urea groups is 1. The summed E-state index contributed by atoms with van der Waals surface area (Å²) in [6.07, 6.45) is 7.40. The second kappa shape index (κ2) is 10.1. The highest BCUT2D eigenvalue weighted by atomic mass is 16.5. The summed E-state index contributed by atoms with van der Waals surface area (Å²) in [6.45, 7) is 10.1. The Balaban J connectivity index is 1.16. The molecule has 4 rings (SSSR count). The number of nitrogens with zero attached hydrogens (tertiary/aromatic N) is 3. The highest BCUT2D eigenvalue weighted by molar-refractivity contribution is 6.08. The molecule has 2 unspecified atom stereocenters. The molecule has 0 radical (unpaired) electrons. The SMILES string of the molecule is CC1CN(CC2CCN(CCC(=O)NN3C(=O)NC4(CCCCC4)C3=O)CC2)CC(C)O1. The van der Waals surface area contributed by atoms with E-state index in [-0.39, 0.29) is 18.2 Å². The Kier molecular flexibility index (Phi) is 7.37. The van der Waals surface area contributed by atoms with E-state index in [1.54, 1.807) is 0 Å². The van der Waals surface area contributed by atoms with E-state index in [9.17, 15) is 14.4 Å². The van der Waals surface area contributed by atoms with Gasteiger partial charge < -0.3 is 15.0 Å². The van der Waals surface area contributed by atoms with Gasteiger partial charge in [0.25, 0.3) is 5.91 Å². The van der Waals surface area contributed by atoms with Crippen molar-refractivity contribution in [3.05, 3.63) is 0 Å². The molecule has 1 aliphatic carbocycles. The predicted octanol–water partition coefficient (Wildman–Crippen LogP) is 1.48. The number of nitrogens with one attached hydrogen (secondary N) is 2. The third-order valence-corrected chi connectivity index (χ3v) is 7.48. The maximum absolute atomic E-state index is 12.8. The van der Waals surface area contributed by atoms with E-state index in [4.69, 9.17) is 4.74 Å². The first-order valence-corrected chi connectivity index (χ1v) is 12.4. The molecule has 4 aliphatic rings. The Morgan fingerprint density at radius 3 is 2.38 bits per heavy atom. The normalized spacial score (nSPS) is 30.0. The average molecular weight is 450 g/mol. The van der Waals surface area contributed by atoms with Gasteiger partial charge in [0.2, 0.25) is 5.91 Å². The number of piperidine rings is 1. The van der Waals surface area contributed by atoms with Crippen LogP contribution in [-0.4, -0.2) is 89.7 Å². The summed E-state index contributed by atoms with van der Waals surface area (Å²) in [5, 5.41) is 3.73. The van der Waals surface area contributed by atoms with Crippen molar-refractivity contribution >= 4 is 17.8 Å². The molecule has 2 atom stereocenters. The fourth-order valence-electron chi connectivity index (χ4n) is 5.85. The van der Waals surface area contributed by atoms with Crippen LogP contribution in [0, 0.1) is 5.92 Å². The zero-order valence-electron chi connectivity index (χ0n) is 19.6. The van der Waals surface area contributed by atoms with Gasteiger partial charge in [-0.15, -0.1) is 0 Å². The molecule has 0 aromatic carbocycles. The summed E-state index contributed by atoms with van der Waals surface area (Å²) in [5.41, 5.74) is 1.74. The van der Waals surface area contributed by atoms with Crippen LogP contribution in [0.2, 0.25) is 0 Å². The van der Waals surface area contributed by atoms with E-state index < -0.39 is 11.6 Å². The second-order valence-corrected chi connectivity index (χ2v) is 10.3. The van der Waals surface area contributed by atoms with Gasteiger partial charge in [-0.1, -0.05) is 19.3 Å². The number of carbonyl (C=O) groups excluding carboxylic acids is 3. The lowest BCUT2D eigenvalue weighted by Crippen LogP contribution is -2.51. The van der Waals surface area contributed by atoms with Crippen LogP contribution >= 0.6 is 0 Å². The van der Waals surface area contributed by atoms with Crippen molar-refractivity contribution in [3.8, 4) is 0 Å². The molecule has 3 saturated heterocycles. The van der Waals surface area contributed by atoms with E-state index in [0.29, 0.717) is 37.5 Å². The highest BCUT2D eigenvalue weighted by Gasteiger charge is 2.52. The molecule has 1 saturated carbocycles. The Morgan fingerprint density at radius 2 is 1.72 bits per heavy atom. The Bertz CT molecular complexity index is 693. The fourth-order valence-corrected chi connectivity index (χ4v) is 5.85. The lowest BCUT2D eigenvalue weighted by atomic mass is 9.82. The maximum atomic E-state index is 12.8. The molecule has 4 amide bonds. The number of hydrogen-bond donors (Lipinski definition) is 2. The molecular formula is C23H39N5O4. The molecule has 1 spiro atoms. The van der Waals surface area contributed by atoms with Crippen molar-refractivity contribution in [1.82, 2.24) is 25.6 Å². The number of rotatable bonds is 6. The Labute approximate surface area is 191 Å². The van der Waals surface area contributed by atoms with Gasteiger partial charge in [0.15, 0.2) is 0 Å². The summed E-state index contributed by atoms with van der Waals surface area (Å²) < 4.78 is 5.83. The van der Waals surface area contributed by atoms with E-state index in [1.807, 2.05) is 0 Å². The number of hydrazine groups is 1. The number of hydrogen-bond acceptors (Lipinski definition) is 6. The first-order chi connectivity index (χ1) is 15.3. The lowest BCUT2D eigenvalue weighted by molar-refractivity contribution is -0.140. The molecule has 9 heteroatoms. The van der Waals surface area contributed by atoms with Crippen molar-refractivity contribution in [3.63, 3.8) is 0 Å². The number of amides is 4. The third-order valence-electron chi connectivity index (χ3n) is 7.48. The molecule has 3 aliphatic heterocycles. The van der Waals surface area contributed by atoms with Crippen LogP contribution in [0.3, 0.4) is 0 Å². The van der Waals surface area contributed by atoms with Crippen molar-refractivity contribution in [2.24, 2.45) is 5.92 Å². The number of ether oxygens (including phenoxy) is 1. The third kappa shape index (κ3) is 5.43. The predicted molar refractivity (Wildman–Crippen MR) is 120 cm³/mol. The van der Waals surface area contributed by atoms with Crippen LogP contribution in [0.5, 0.6) is 0 Å². The van der Waals surface area contributed by atoms with Crippen LogP contribution in [0.1, 0.15) is 65.2 Å². The van der Waals surface area contributed by atoms with Crippen LogP contribution in [0.4, 0.5) is 4.79 Å². The van der Waals surface area contributed by atoms with Gasteiger partial charge in [-0.05, 0) is 58.5 Å². The summed E-state index contributed by atoms with van der Waals surface area (Å²) >= 11 is 0. The first-order valence-electron chi connectivity index (χ1n) is 12.4. The van der Waals surface area contributed by atoms with E-state index in [0.717, 1.165) is 69.8 Å². The van der Waals surface area contributed by atoms with Gasteiger partial charge in [-0.3, -0.25) is 19.9 Å². The lowest BCUT2D eigenvalue weighted by Gasteiger charge is -2.39. The fraction of sp³-hybridized carbons (Fsp3) is 0.870. The van der Waals surface area contributed by atoms with Crippen LogP contribution in [0.15, 0.2) is 0 Å². The minimum atomic E-state index is -0.805. The minimum Gasteiger partial charge on any atom is -0.373 e. The summed E-state index contributed by atoms with van der Waals surface area (Å²) in [7, 11) is 0. The smallest absolute Gasteiger partial charge is 0.344 e. The average Bonchev–Trinajstić information content (AvgIpc) is 2.97. The number of likely N-dealkylation sites (tertiary alicyclic amines) is 1. The van der Waals surface area contributed by atoms with E-state index >= 15 is 0 Å². The highest BCUT2D eigenvalue weighted by Crippen LogP contribution is 2.33. The number of imide groups is 1. The van der Waals surface area contributed by atoms with E-state index in [1.165, 1.54) is 0 Å². The van der Waals surface area contributed by atoms with Gasteiger partial charge in [0.05, 0.1) is 12.2 Å². The van der Waals surface area contributed by atoms with Gasteiger partial charge in [-0.25, -0.2) is 4.79 Å². The van der Waals surface area contributed by atoms with Gasteiger partial charge in [-0.2, -0.15) is 5.01 Å². The molecule has 0 aromatic rings. The maximum Gasteiger partial charge on any atom is 0.344 e. The van der Waals surface area contributed by atoms with Crippen LogP contribution in [-0.2, 0) is 14.3 Å². The molecule has 32 heavy (non-hydrogen) atoms. The Morgan fingerprint density at radius 1 is 1.06 bits per heavy atom. The van der Waals surface area contributed by atoms with Crippen molar-refractivity contribution in [2.75, 3.05) is 39.3 Å². The molecule has 180 valence electrons. The molecule has 3 heterocycles. The quantitative estimate of drug-likeness (QED) is 0.597.